The lowest BCUT2D eigenvalue weighted by Crippen LogP contribution is -2.24. The van der Waals surface area contributed by atoms with Gasteiger partial charge in [0.1, 0.15) is 5.82 Å². The topological polar surface area (TPSA) is 29.9 Å². The highest BCUT2D eigenvalue weighted by molar-refractivity contribution is 7.09. The summed E-state index contributed by atoms with van der Waals surface area (Å²) >= 11 is 1.83. The first-order valence-corrected chi connectivity index (χ1v) is 6.92. The number of rotatable bonds is 6. The summed E-state index contributed by atoms with van der Waals surface area (Å²) < 4.78 is 2.10. The lowest BCUT2D eigenvalue weighted by atomic mass is 10.1. The zero-order valence-corrected chi connectivity index (χ0v) is 11.2. The standard InChI is InChI=1S/C13H19N3S/c1-3-14-12(13-15-8-9-16(13)2)7-6-11-5-4-10-17-11/h4-5,8-10,12,14H,3,6-7H2,1-2H3. The second-order valence-electron chi connectivity index (χ2n) is 4.12. The van der Waals surface area contributed by atoms with E-state index in [4.69, 9.17) is 0 Å². The van der Waals surface area contributed by atoms with Crippen molar-refractivity contribution in [2.24, 2.45) is 7.05 Å². The molecule has 92 valence electrons. The molecule has 2 rings (SSSR count). The summed E-state index contributed by atoms with van der Waals surface area (Å²) in [5.74, 6) is 1.13. The van der Waals surface area contributed by atoms with Crippen molar-refractivity contribution in [2.75, 3.05) is 6.54 Å². The van der Waals surface area contributed by atoms with Crippen LogP contribution in [0.1, 0.15) is 30.1 Å². The summed E-state index contributed by atoms with van der Waals surface area (Å²) in [5, 5.41) is 5.65. The maximum atomic E-state index is 4.44. The van der Waals surface area contributed by atoms with Crippen LogP contribution in [0.4, 0.5) is 0 Å². The van der Waals surface area contributed by atoms with Crippen LogP contribution in [0.25, 0.3) is 0 Å². The van der Waals surface area contributed by atoms with Crippen molar-refractivity contribution < 1.29 is 0 Å². The summed E-state index contributed by atoms with van der Waals surface area (Å²) in [6, 6.07) is 4.66. The normalized spacial score (nSPS) is 12.8. The maximum Gasteiger partial charge on any atom is 0.125 e. The van der Waals surface area contributed by atoms with E-state index in [2.05, 4.69) is 46.4 Å². The highest BCUT2D eigenvalue weighted by Gasteiger charge is 2.14. The van der Waals surface area contributed by atoms with Crippen molar-refractivity contribution in [1.29, 1.82) is 0 Å². The third kappa shape index (κ3) is 3.17. The van der Waals surface area contributed by atoms with Gasteiger partial charge in [-0.3, -0.25) is 0 Å². The molecule has 0 saturated carbocycles. The van der Waals surface area contributed by atoms with Gasteiger partial charge in [-0.1, -0.05) is 13.0 Å². The Bertz CT molecular complexity index is 433. The van der Waals surface area contributed by atoms with E-state index in [1.54, 1.807) is 0 Å². The quantitative estimate of drug-likeness (QED) is 0.853. The van der Waals surface area contributed by atoms with Gasteiger partial charge in [0.05, 0.1) is 6.04 Å². The molecule has 0 spiro atoms. The summed E-state index contributed by atoms with van der Waals surface area (Å²) in [7, 11) is 2.05. The average molecular weight is 249 g/mol. The van der Waals surface area contributed by atoms with Gasteiger partial charge in [-0.2, -0.15) is 0 Å². The molecule has 0 radical (unpaired) electrons. The SMILES string of the molecule is CCNC(CCc1cccs1)c1nccn1C. The van der Waals surface area contributed by atoms with Crippen LogP contribution in [0, 0.1) is 0 Å². The molecule has 0 aliphatic heterocycles. The largest absolute Gasteiger partial charge is 0.337 e. The monoisotopic (exact) mass is 249 g/mol. The predicted molar refractivity (Wildman–Crippen MR) is 72.3 cm³/mol. The predicted octanol–water partition coefficient (Wildman–Crippen LogP) is 2.77. The number of nitrogens with zero attached hydrogens (tertiary/aromatic N) is 2. The van der Waals surface area contributed by atoms with Gasteiger partial charge in [0.15, 0.2) is 0 Å². The molecule has 1 N–H and O–H groups in total. The second-order valence-corrected chi connectivity index (χ2v) is 5.16. The van der Waals surface area contributed by atoms with Crippen molar-refractivity contribution >= 4 is 11.3 Å². The molecular formula is C13H19N3S. The Labute approximate surface area is 107 Å². The van der Waals surface area contributed by atoms with Crippen molar-refractivity contribution in [3.8, 4) is 0 Å². The van der Waals surface area contributed by atoms with Gasteiger partial charge in [-0.05, 0) is 30.8 Å². The minimum absolute atomic E-state index is 0.349. The Hall–Kier alpha value is -1.13. The van der Waals surface area contributed by atoms with Crippen LogP contribution in [0.3, 0.4) is 0 Å². The van der Waals surface area contributed by atoms with E-state index in [0.717, 1.165) is 25.2 Å². The number of aromatic nitrogens is 2. The molecule has 0 aromatic carbocycles. The fraction of sp³-hybridized carbons (Fsp3) is 0.462. The fourth-order valence-corrected chi connectivity index (χ4v) is 2.75. The number of imidazole rings is 1. The van der Waals surface area contributed by atoms with E-state index >= 15 is 0 Å². The smallest absolute Gasteiger partial charge is 0.125 e. The molecule has 1 unspecified atom stereocenters. The number of hydrogen-bond acceptors (Lipinski definition) is 3. The molecule has 0 amide bonds. The zero-order valence-electron chi connectivity index (χ0n) is 10.4. The molecule has 0 fully saturated rings. The van der Waals surface area contributed by atoms with Gasteiger partial charge in [0.2, 0.25) is 0 Å². The first-order chi connectivity index (χ1) is 8.31. The van der Waals surface area contributed by atoms with Crippen molar-refractivity contribution in [2.45, 2.75) is 25.8 Å². The van der Waals surface area contributed by atoms with E-state index in [1.807, 2.05) is 23.7 Å². The maximum absolute atomic E-state index is 4.44. The number of hydrogen-bond donors (Lipinski definition) is 1. The lowest BCUT2D eigenvalue weighted by Gasteiger charge is -2.17. The molecule has 0 bridgehead atoms. The molecular weight excluding hydrogens is 230 g/mol. The van der Waals surface area contributed by atoms with Crippen molar-refractivity contribution in [1.82, 2.24) is 14.9 Å². The molecule has 2 heterocycles. The van der Waals surface area contributed by atoms with Crippen LogP contribution in [-0.2, 0) is 13.5 Å². The molecule has 17 heavy (non-hydrogen) atoms. The van der Waals surface area contributed by atoms with E-state index in [0.29, 0.717) is 6.04 Å². The van der Waals surface area contributed by atoms with Gasteiger partial charge >= 0.3 is 0 Å². The van der Waals surface area contributed by atoms with E-state index in [1.165, 1.54) is 4.88 Å². The molecule has 2 aromatic rings. The Morgan fingerprint density at radius 2 is 2.41 bits per heavy atom. The van der Waals surface area contributed by atoms with E-state index in [-0.39, 0.29) is 0 Å². The van der Waals surface area contributed by atoms with Gasteiger partial charge in [-0.15, -0.1) is 11.3 Å². The van der Waals surface area contributed by atoms with Gasteiger partial charge < -0.3 is 9.88 Å². The van der Waals surface area contributed by atoms with Crippen LogP contribution >= 0.6 is 11.3 Å². The Kier molecular flexibility index (Phi) is 4.34. The molecule has 0 aliphatic rings. The lowest BCUT2D eigenvalue weighted by molar-refractivity contribution is 0.479. The molecule has 1 atom stereocenters. The van der Waals surface area contributed by atoms with Crippen LogP contribution < -0.4 is 5.32 Å². The van der Waals surface area contributed by atoms with Gasteiger partial charge in [0.25, 0.3) is 0 Å². The Morgan fingerprint density at radius 3 is 3.00 bits per heavy atom. The minimum Gasteiger partial charge on any atom is -0.337 e. The van der Waals surface area contributed by atoms with Gasteiger partial charge in [0, 0.05) is 24.3 Å². The van der Waals surface area contributed by atoms with Crippen LogP contribution in [0.5, 0.6) is 0 Å². The summed E-state index contributed by atoms with van der Waals surface area (Å²) in [6.45, 7) is 3.11. The third-order valence-corrected chi connectivity index (χ3v) is 3.82. The third-order valence-electron chi connectivity index (χ3n) is 2.88. The Morgan fingerprint density at radius 1 is 1.53 bits per heavy atom. The summed E-state index contributed by atoms with van der Waals surface area (Å²) in [6.07, 6.45) is 6.08. The molecule has 0 aliphatic carbocycles. The number of aryl methyl sites for hydroxylation is 2. The van der Waals surface area contributed by atoms with Crippen LogP contribution in [-0.4, -0.2) is 16.1 Å². The molecule has 2 aromatic heterocycles. The van der Waals surface area contributed by atoms with Crippen molar-refractivity contribution in [3.63, 3.8) is 0 Å². The second kappa shape index (κ2) is 5.98. The average Bonchev–Trinajstić information content (AvgIpc) is 2.95. The minimum atomic E-state index is 0.349. The van der Waals surface area contributed by atoms with E-state index in [9.17, 15) is 0 Å². The van der Waals surface area contributed by atoms with Gasteiger partial charge in [-0.25, -0.2) is 4.98 Å². The first-order valence-electron chi connectivity index (χ1n) is 6.04. The van der Waals surface area contributed by atoms with Crippen LogP contribution in [0.15, 0.2) is 29.9 Å². The van der Waals surface area contributed by atoms with Crippen molar-refractivity contribution in [3.05, 3.63) is 40.6 Å². The van der Waals surface area contributed by atoms with Crippen LogP contribution in [0.2, 0.25) is 0 Å². The number of nitrogens with one attached hydrogen (secondary N) is 1. The fourth-order valence-electron chi connectivity index (χ4n) is 2.02. The number of thiophene rings is 1. The zero-order chi connectivity index (χ0) is 12.1. The summed E-state index contributed by atoms with van der Waals surface area (Å²) in [5.41, 5.74) is 0. The Balaban J connectivity index is 2.00. The summed E-state index contributed by atoms with van der Waals surface area (Å²) in [4.78, 5) is 5.88. The molecule has 4 heteroatoms. The molecule has 0 saturated heterocycles. The highest BCUT2D eigenvalue weighted by atomic mass is 32.1. The first kappa shape index (κ1) is 12.3. The van der Waals surface area contributed by atoms with E-state index < -0.39 is 0 Å². The highest BCUT2D eigenvalue weighted by Crippen LogP contribution is 2.19. The molecule has 3 nitrogen and oxygen atoms in total.